The van der Waals surface area contributed by atoms with Crippen LogP contribution in [0.2, 0.25) is 0 Å². The molecule has 338 valence electrons. The van der Waals surface area contributed by atoms with E-state index in [1.54, 1.807) is 7.05 Å². The molecule has 0 radical (unpaired) electrons. The molecule has 0 aromatic heterocycles. The summed E-state index contributed by atoms with van der Waals surface area (Å²) < 4.78 is 10.7. The van der Waals surface area contributed by atoms with Gasteiger partial charge >= 0.3 is 11.9 Å². The first-order valence-electron chi connectivity index (χ1n) is 19.7. The van der Waals surface area contributed by atoms with Crippen molar-refractivity contribution in [2.75, 3.05) is 58.1 Å². The van der Waals surface area contributed by atoms with Gasteiger partial charge in [-0.1, -0.05) is 41.4 Å². The molecule has 0 bridgehead atoms. The molecule has 0 heterocycles. The maximum Gasteiger partial charge on any atom is 0.303 e. The number of likely N-dealkylation sites (N-methyl/N-ethyl adjacent to an activating group) is 1. The predicted octanol–water partition coefficient (Wildman–Crippen LogP) is -0.339. The quantitative estimate of drug-likeness (QED) is 0.0285. The highest BCUT2D eigenvalue weighted by Crippen LogP contribution is 2.23. The van der Waals surface area contributed by atoms with Crippen LogP contribution in [0.25, 0.3) is 0 Å². The van der Waals surface area contributed by atoms with Gasteiger partial charge in [-0.2, -0.15) is 0 Å². The summed E-state index contributed by atoms with van der Waals surface area (Å²) in [5.74, 6) is -4.46. The summed E-state index contributed by atoms with van der Waals surface area (Å²) in [4.78, 5) is 109. The minimum Gasteiger partial charge on any atom is -0.481 e. The fourth-order valence-corrected chi connectivity index (χ4v) is 7.40. The van der Waals surface area contributed by atoms with Gasteiger partial charge in [0.05, 0.1) is 37.9 Å². The van der Waals surface area contributed by atoms with Gasteiger partial charge in [0, 0.05) is 43.9 Å². The first kappa shape index (κ1) is 55.2. The molecule has 0 aliphatic carbocycles. The second-order valence-corrected chi connectivity index (χ2v) is 16.2. The number of nitrogens with one attached hydrogen (secondary N) is 6. The SMILES string of the molecule is CCCCCC(=O)N[C@@H](CCC(=O)O)C(=O)N[C@@H](CCC(=O)O)C(=O)NCCOCCOCC(=O)NCCCC[C@H](NC(=O)[C@H](CSSC[C@H](N)C(C)=O)NC)C(C)=O. The van der Waals surface area contributed by atoms with Gasteiger partial charge in [-0.25, -0.2) is 0 Å². The number of amides is 5. The molecular formula is C37H65N7O13S2. The van der Waals surface area contributed by atoms with Crippen molar-refractivity contribution in [1.82, 2.24) is 31.9 Å². The number of rotatable bonds is 37. The second kappa shape index (κ2) is 33.9. The van der Waals surface area contributed by atoms with Crippen LogP contribution in [0.1, 0.15) is 91.4 Å². The maximum absolute atomic E-state index is 13.0. The van der Waals surface area contributed by atoms with Crippen molar-refractivity contribution in [2.45, 2.75) is 122 Å². The molecule has 0 unspecified atom stereocenters. The normalized spacial score (nSPS) is 13.5. The Morgan fingerprint density at radius 3 is 1.78 bits per heavy atom. The molecular weight excluding hydrogens is 815 g/mol. The Hall–Kier alpha value is -3.83. The van der Waals surface area contributed by atoms with E-state index in [1.807, 2.05) is 6.92 Å². The Labute approximate surface area is 353 Å². The number of ether oxygens (including phenoxy) is 2. The smallest absolute Gasteiger partial charge is 0.303 e. The topological polar surface area (TPSA) is 311 Å². The third-order valence-electron chi connectivity index (χ3n) is 8.54. The Kier molecular flexibility index (Phi) is 31.7. The van der Waals surface area contributed by atoms with Crippen LogP contribution in [0, 0.1) is 0 Å². The molecule has 59 heavy (non-hydrogen) atoms. The molecule has 5 atom stereocenters. The van der Waals surface area contributed by atoms with Gasteiger partial charge in [0.15, 0.2) is 5.78 Å². The van der Waals surface area contributed by atoms with Gasteiger partial charge < -0.3 is 57.3 Å². The van der Waals surface area contributed by atoms with Gasteiger partial charge in [-0.15, -0.1) is 0 Å². The average molecular weight is 880 g/mol. The van der Waals surface area contributed by atoms with Crippen LogP contribution in [0.5, 0.6) is 0 Å². The lowest BCUT2D eigenvalue weighted by atomic mass is 10.1. The molecule has 0 aromatic carbocycles. The molecule has 22 heteroatoms. The number of nitrogens with two attached hydrogens (primary N) is 1. The Bertz CT molecular complexity index is 1350. The molecule has 0 fully saturated rings. The van der Waals surface area contributed by atoms with E-state index in [9.17, 15) is 43.2 Å². The second-order valence-electron chi connectivity index (χ2n) is 13.6. The van der Waals surface area contributed by atoms with E-state index in [0.29, 0.717) is 43.7 Å². The van der Waals surface area contributed by atoms with Crippen molar-refractivity contribution >= 4 is 74.6 Å². The highest BCUT2D eigenvalue weighted by molar-refractivity contribution is 8.76. The number of hydrogen-bond acceptors (Lipinski definition) is 15. The van der Waals surface area contributed by atoms with E-state index < -0.39 is 72.7 Å². The number of carboxylic acid groups (broad SMARTS) is 2. The zero-order valence-electron chi connectivity index (χ0n) is 34.6. The zero-order chi connectivity index (χ0) is 44.6. The van der Waals surface area contributed by atoms with Gasteiger partial charge in [0.1, 0.15) is 24.5 Å². The molecule has 0 aliphatic rings. The monoisotopic (exact) mass is 879 g/mol. The van der Waals surface area contributed by atoms with Gasteiger partial charge in [0.2, 0.25) is 29.5 Å². The van der Waals surface area contributed by atoms with E-state index in [2.05, 4.69) is 31.9 Å². The number of carboxylic acids is 2. The van der Waals surface area contributed by atoms with Crippen LogP contribution < -0.4 is 37.6 Å². The average Bonchev–Trinajstić information content (AvgIpc) is 3.17. The van der Waals surface area contributed by atoms with Crippen LogP contribution in [0.4, 0.5) is 0 Å². The summed E-state index contributed by atoms with van der Waals surface area (Å²) >= 11 is 0. The Balaban J connectivity index is 4.52. The lowest BCUT2D eigenvalue weighted by molar-refractivity contribution is -0.139. The van der Waals surface area contributed by atoms with E-state index in [-0.39, 0.29) is 75.6 Å². The fraction of sp³-hybridized carbons (Fsp3) is 0.757. The summed E-state index contributed by atoms with van der Waals surface area (Å²) in [6.07, 6.45) is 2.57. The third-order valence-corrected chi connectivity index (χ3v) is 11.0. The number of unbranched alkanes of at least 4 members (excludes halogenated alkanes) is 3. The number of carbonyl (C=O) groups is 9. The molecule has 10 N–H and O–H groups in total. The molecule has 5 amide bonds. The highest BCUT2D eigenvalue weighted by atomic mass is 33.1. The summed E-state index contributed by atoms with van der Waals surface area (Å²) in [6, 6.07) is -4.30. The molecule has 0 aliphatic heterocycles. The Morgan fingerprint density at radius 1 is 0.593 bits per heavy atom. The van der Waals surface area contributed by atoms with E-state index >= 15 is 0 Å². The molecule has 0 rings (SSSR count). The van der Waals surface area contributed by atoms with Gasteiger partial charge in [-0.05, 0) is 59.4 Å². The van der Waals surface area contributed by atoms with Crippen molar-refractivity contribution in [3.8, 4) is 0 Å². The first-order chi connectivity index (χ1) is 28.0. The maximum atomic E-state index is 13.0. The number of aliphatic carboxylic acids is 2. The lowest BCUT2D eigenvalue weighted by Gasteiger charge is -2.23. The molecule has 0 aromatic rings. The van der Waals surface area contributed by atoms with Crippen molar-refractivity contribution in [3.05, 3.63) is 0 Å². The van der Waals surface area contributed by atoms with Crippen molar-refractivity contribution in [2.24, 2.45) is 5.73 Å². The van der Waals surface area contributed by atoms with Crippen LogP contribution in [0.15, 0.2) is 0 Å². The van der Waals surface area contributed by atoms with Crippen LogP contribution in [-0.4, -0.2) is 152 Å². The summed E-state index contributed by atoms with van der Waals surface area (Å²) in [6.45, 7) is 5.07. The zero-order valence-corrected chi connectivity index (χ0v) is 36.2. The number of carbonyl (C=O) groups excluding carboxylic acids is 7. The molecule has 20 nitrogen and oxygen atoms in total. The molecule has 0 saturated carbocycles. The van der Waals surface area contributed by atoms with Crippen LogP contribution >= 0.6 is 21.6 Å². The minimum absolute atomic E-state index is 0.00337. The largest absolute Gasteiger partial charge is 0.481 e. The fourth-order valence-electron chi connectivity index (χ4n) is 4.95. The van der Waals surface area contributed by atoms with Crippen molar-refractivity contribution < 1.29 is 62.8 Å². The minimum atomic E-state index is -1.28. The van der Waals surface area contributed by atoms with Crippen LogP contribution in [0.3, 0.4) is 0 Å². The highest BCUT2D eigenvalue weighted by Gasteiger charge is 2.28. The standard InChI is InChI=1S/C37H65N7O13S2/c1-5-6-7-11-31(47)42-29(13-15-34(51)52)36(54)44-28(12-14-33(49)50)35(53)41-17-18-56-19-20-57-21-32(48)40-16-9-8-10-27(25(3)46)43-37(55)30(39-4)23-59-58-22-26(38)24(2)45/h26-30,39H,5-23,38H2,1-4H3,(H,40,48)(H,41,53)(H,42,47)(H,43,55)(H,44,54)(H,49,50)(H,51,52)/t26-,27-,28-,29-,30-/m0/s1. The number of Topliss-reactive ketones (excluding diaryl/α,β-unsaturated/α-hetero) is 2. The Morgan fingerprint density at radius 2 is 1.19 bits per heavy atom. The van der Waals surface area contributed by atoms with Crippen LogP contribution in [-0.2, 0) is 52.6 Å². The predicted molar refractivity (Wildman–Crippen MR) is 222 cm³/mol. The molecule has 0 spiro atoms. The van der Waals surface area contributed by atoms with E-state index in [0.717, 1.165) is 12.8 Å². The summed E-state index contributed by atoms with van der Waals surface area (Å²) in [5, 5.41) is 34.2. The van der Waals surface area contributed by atoms with E-state index in [1.165, 1.54) is 35.4 Å². The van der Waals surface area contributed by atoms with Crippen molar-refractivity contribution in [3.63, 3.8) is 0 Å². The summed E-state index contributed by atoms with van der Waals surface area (Å²) in [7, 11) is 4.45. The molecule has 0 saturated heterocycles. The van der Waals surface area contributed by atoms with Gasteiger partial charge in [0.25, 0.3) is 0 Å². The number of hydrogen-bond donors (Lipinski definition) is 9. The third kappa shape index (κ3) is 29.1. The lowest BCUT2D eigenvalue weighted by Crippen LogP contribution is -2.54. The summed E-state index contributed by atoms with van der Waals surface area (Å²) in [5.41, 5.74) is 5.73. The van der Waals surface area contributed by atoms with Gasteiger partial charge in [-0.3, -0.25) is 43.2 Å². The number of ketones is 2. The first-order valence-corrected chi connectivity index (χ1v) is 22.2. The van der Waals surface area contributed by atoms with E-state index in [4.69, 9.17) is 25.4 Å². The van der Waals surface area contributed by atoms with Crippen molar-refractivity contribution in [1.29, 1.82) is 0 Å².